The normalized spacial score (nSPS) is 12.8. The van der Waals surface area contributed by atoms with Crippen molar-refractivity contribution < 1.29 is 10.0 Å². The zero-order chi connectivity index (χ0) is 19.4. The summed E-state index contributed by atoms with van der Waals surface area (Å²) < 4.78 is 0. The Morgan fingerprint density at radius 1 is 1.08 bits per heavy atom. The Hall–Kier alpha value is -1.69. The lowest BCUT2D eigenvalue weighted by molar-refractivity contribution is -0.384. The Labute approximate surface area is 152 Å². The van der Waals surface area contributed by atoms with E-state index < -0.39 is 27.2 Å². The second-order valence-electron chi connectivity index (χ2n) is 8.25. The lowest BCUT2D eigenvalue weighted by Gasteiger charge is -2.24. The number of aliphatic hydroxyl groups excluding tert-OH is 1. The van der Waals surface area contributed by atoms with E-state index in [2.05, 4.69) is 57.7 Å². The van der Waals surface area contributed by atoms with Gasteiger partial charge in [-0.15, -0.1) is 0 Å². The number of non-ortho nitro benzene ring substituents is 1. The molecule has 136 valence electrons. The number of aliphatic hydroxyl groups is 1. The van der Waals surface area contributed by atoms with E-state index in [1.807, 2.05) is 0 Å². The minimum atomic E-state index is -1.85. The van der Waals surface area contributed by atoms with Gasteiger partial charge in [0.05, 0.1) is 21.1 Å². The monoisotopic (exact) mass is 375 g/mol. The molecule has 0 aliphatic carbocycles. The average molecular weight is 376 g/mol. The lowest BCUT2D eigenvalue weighted by atomic mass is 10.1. The molecule has 1 aromatic rings. The zero-order valence-electron chi connectivity index (χ0n) is 16.3. The van der Waals surface area contributed by atoms with Crippen LogP contribution in [0.1, 0.15) is 25.0 Å². The van der Waals surface area contributed by atoms with Gasteiger partial charge in [0, 0.05) is 12.1 Å². The van der Waals surface area contributed by atoms with Gasteiger partial charge < -0.3 is 5.11 Å². The molecule has 0 aliphatic heterocycles. The standard InChI is InChI=1S/C19H29NO3Si2/c1-8-17(24(2,3)4)13-14-18(25(5,6)7)19(21)15-9-11-16(12-10-15)20(22)23/h9-12,19,21H,8H2,1-7H3. The van der Waals surface area contributed by atoms with E-state index in [4.69, 9.17) is 0 Å². The Morgan fingerprint density at radius 2 is 1.60 bits per heavy atom. The van der Waals surface area contributed by atoms with Crippen molar-refractivity contribution in [3.05, 3.63) is 61.8 Å². The molecule has 25 heavy (non-hydrogen) atoms. The maximum absolute atomic E-state index is 10.9. The maximum Gasteiger partial charge on any atom is 0.269 e. The highest BCUT2D eigenvalue weighted by molar-refractivity contribution is 6.83. The molecule has 0 heterocycles. The van der Waals surface area contributed by atoms with E-state index >= 15 is 0 Å². The van der Waals surface area contributed by atoms with Crippen molar-refractivity contribution in [3.8, 4) is 0 Å². The molecule has 1 N–H and O–H groups in total. The average Bonchev–Trinajstić information content (AvgIpc) is 2.48. The second-order valence-corrected chi connectivity index (χ2v) is 18.4. The quantitative estimate of drug-likeness (QED) is 0.313. The topological polar surface area (TPSA) is 63.4 Å². The second kappa shape index (κ2) is 8.13. The molecule has 0 bridgehead atoms. The molecule has 1 atom stereocenters. The Bertz CT molecular complexity index is 727. The van der Waals surface area contributed by atoms with Gasteiger partial charge in [-0.25, -0.2) is 0 Å². The van der Waals surface area contributed by atoms with Gasteiger partial charge in [0.15, 0.2) is 0 Å². The Kier molecular flexibility index (Phi) is 6.94. The molecule has 0 aromatic heterocycles. The summed E-state index contributed by atoms with van der Waals surface area (Å²) in [5.74, 6) is 0. The van der Waals surface area contributed by atoms with E-state index in [1.165, 1.54) is 17.3 Å². The van der Waals surface area contributed by atoms with Crippen molar-refractivity contribution in [3.63, 3.8) is 0 Å². The van der Waals surface area contributed by atoms with Gasteiger partial charge in [0.25, 0.3) is 5.69 Å². The van der Waals surface area contributed by atoms with E-state index in [1.54, 1.807) is 12.1 Å². The minimum absolute atomic E-state index is 0.0249. The zero-order valence-corrected chi connectivity index (χ0v) is 18.3. The van der Waals surface area contributed by atoms with Crippen LogP contribution in [0.15, 0.2) is 46.1 Å². The van der Waals surface area contributed by atoms with Crippen molar-refractivity contribution in [2.45, 2.75) is 58.7 Å². The number of nitro groups is 1. The van der Waals surface area contributed by atoms with Crippen LogP contribution in [0.3, 0.4) is 0 Å². The molecule has 4 nitrogen and oxygen atoms in total. The third-order valence-corrected chi connectivity index (χ3v) is 8.41. The number of nitrogens with zero attached hydrogens (tertiary/aromatic N) is 1. The van der Waals surface area contributed by atoms with Crippen molar-refractivity contribution >= 4 is 21.8 Å². The van der Waals surface area contributed by atoms with Gasteiger partial charge >= 0.3 is 0 Å². The van der Waals surface area contributed by atoms with Crippen LogP contribution in [0.5, 0.6) is 0 Å². The number of rotatable bonds is 6. The van der Waals surface area contributed by atoms with E-state index in [-0.39, 0.29) is 5.69 Å². The molecule has 1 aromatic carbocycles. The summed E-state index contributed by atoms with van der Waals surface area (Å²) in [6.07, 6.45) is 0.134. The van der Waals surface area contributed by atoms with Crippen LogP contribution in [-0.2, 0) is 0 Å². The highest BCUT2D eigenvalue weighted by Gasteiger charge is 2.27. The van der Waals surface area contributed by atoms with E-state index in [0.717, 1.165) is 11.6 Å². The van der Waals surface area contributed by atoms with Crippen LogP contribution in [-0.4, -0.2) is 26.2 Å². The number of benzene rings is 1. The molecule has 1 unspecified atom stereocenters. The van der Waals surface area contributed by atoms with Crippen molar-refractivity contribution in [2.24, 2.45) is 0 Å². The van der Waals surface area contributed by atoms with Crippen molar-refractivity contribution in [2.75, 3.05) is 0 Å². The number of allylic oxidation sites excluding steroid dienone is 1. The Morgan fingerprint density at radius 3 is 1.96 bits per heavy atom. The first kappa shape index (κ1) is 21.4. The van der Waals surface area contributed by atoms with Gasteiger partial charge in [-0.3, -0.25) is 10.1 Å². The lowest BCUT2D eigenvalue weighted by Crippen LogP contribution is -2.28. The molecular weight excluding hydrogens is 346 g/mol. The van der Waals surface area contributed by atoms with Crippen LogP contribution in [0.2, 0.25) is 39.3 Å². The number of hydrogen-bond acceptors (Lipinski definition) is 3. The fourth-order valence-corrected chi connectivity index (χ4v) is 5.48. The predicted octanol–water partition coefficient (Wildman–Crippen LogP) is 5.40. The van der Waals surface area contributed by atoms with Crippen LogP contribution in [0.25, 0.3) is 0 Å². The molecule has 0 radical (unpaired) electrons. The van der Waals surface area contributed by atoms with Crippen LogP contribution >= 0.6 is 0 Å². The summed E-state index contributed by atoms with van der Waals surface area (Å²) in [5.41, 5.74) is 7.33. The summed E-state index contributed by atoms with van der Waals surface area (Å²) in [6, 6.07) is 6.10. The van der Waals surface area contributed by atoms with Crippen molar-refractivity contribution in [1.82, 2.24) is 0 Å². The molecule has 6 heteroatoms. The van der Waals surface area contributed by atoms with E-state index in [9.17, 15) is 15.2 Å². The molecule has 0 amide bonds. The molecular formula is C19H29NO3Si2. The van der Waals surface area contributed by atoms with Crippen LogP contribution in [0.4, 0.5) is 5.69 Å². The van der Waals surface area contributed by atoms with Gasteiger partial charge in [-0.05, 0) is 34.5 Å². The van der Waals surface area contributed by atoms with Gasteiger partial charge in [-0.2, -0.15) is 0 Å². The predicted molar refractivity (Wildman–Crippen MR) is 109 cm³/mol. The first-order valence-electron chi connectivity index (χ1n) is 8.56. The van der Waals surface area contributed by atoms with Gasteiger partial charge in [-0.1, -0.05) is 57.7 Å². The van der Waals surface area contributed by atoms with Gasteiger partial charge in [0.2, 0.25) is 0 Å². The summed E-state index contributed by atoms with van der Waals surface area (Å²) >= 11 is 0. The number of hydrogen-bond donors (Lipinski definition) is 1. The third-order valence-electron chi connectivity index (χ3n) is 4.11. The smallest absolute Gasteiger partial charge is 0.269 e. The SMILES string of the molecule is CCC(=C=C=C(C(O)c1ccc([N+](=O)[O-])cc1)[Si](C)(C)C)[Si](C)(C)C. The summed E-state index contributed by atoms with van der Waals surface area (Å²) in [6.45, 7) is 15.4. The molecule has 0 spiro atoms. The molecule has 1 rings (SSSR count). The third kappa shape index (κ3) is 5.96. The number of nitro benzene ring substituents is 1. The van der Waals surface area contributed by atoms with Crippen molar-refractivity contribution in [1.29, 1.82) is 0 Å². The van der Waals surface area contributed by atoms with Crippen LogP contribution in [0, 0.1) is 10.1 Å². The van der Waals surface area contributed by atoms with E-state index in [0.29, 0.717) is 5.56 Å². The first-order chi connectivity index (χ1) is 11.4. The summed E-state index contributed by atoms with van der Waals surface area (Å²) in [4.78, 5) is 10.4. The molecule has 0 aliphatic rings. The molecule has 0 fully saturated rings. The fourth-order valence-electron chi connectivity index (χ4n) is 2.56. The maximum atomic E-state index is 10.9. The molecule has 0 saturated heterocycles. The molecule has 0 saturated carbocycles. The van der Waals surface area contributed by atoms with Crippen LogP contribution < -0.4 is 0 Å². The Balaban J connectivity index is 3.48. The first-order valence-corrected chi connectivity index (χ1v) is 15.6. The largest absolute Gasteiger partial charge is 0.384 e. The summed E-state index contributed by atoms with van der Waals surface area (Å²) in [5, 5.41) is 23.8. The highest BCUT2D eigenvalue weighted by atomic mass is 28.3. The highest BCUT2D eigenvalue weighted by Crippen LogP contribution is 2.29. The summed E-state index contributed by atoms with van der Waals surface area (Å²) in [7, 11) is -3.30. The fraction of sp³-hybridized carbons (Fsp3) is 0.474. The van der Waals surface area contributed by atoms with Gasteiger partial charge in [0.1, 0.15) is 6.10 Å². The minimum Gasteiger partial charge on any atom is -0.384 e.